The molecular formula is C12H11F3N4O3. The molecule has 0 atom stereocenters. The Balaban J connectivity index is 1.92. The summed E-state index contributed by atoms with van der Waals surface area (Å²) in [5.74, 6) is -1.74. The van der Waals surface area contributed by atoms with E-state index in [4.69, 9.17) is 9.47 Å². The van der Waals surface area contributed by atoms with Crippen molar-refractivity contribution in [2.24, 2.45) is 0 Å². The van der Waals surface area contributed by atoms with Crippen LogP contribution in [0.25, 0.3) is 0 Å². The van der Waals surface area contributed by atoms with Gasteiger partial charge in [0.05, 0.1) is 7.11 Å². The number of amides is 1. The summed E-state index contributed by atoms with van der Waals surface area (Å²) in [5.41, 5.74) is 0. The molecule has 1 aromatic carbocycles. The van der Waals surface area contributed by atoms with Gasteiger partial charge >= 0.3 is 6.18 Å². The maximum atomic E-state index is 12.3. The number of rotatable bonds is 5. The molecule has 1 heterocycles. The van der Waals surface area contributed by atoms with Crippen LogP contribution >= 0.6 is 0 Å². The van der Waals surface area contributed by atoms with Crippen LogP contribution in [-0.4, -0.2) is 34.8 Å². The number of alkyl halides is 3. The van der Waals surface area contributed by atoms with Crippen LogP contribution in [0.4, 0.5) is 19.1 Å². The fourth-order valence-corrected chi connectivity index (χ4v) is 1.49. The minimum absolute atomic E-state index is 0.325. The number of carbonyl (C=O) groups excluding carboxylic acids is 1. The molecule has 1 aromatic heterocycles. The fraction of sp³-hybridized carbons (Fsp3) is 0.250. The Morgan fingerprint density at radius 3 is 2.59 bits per heavy atom. The molecule has 0 saturated heterocycles. The van der Waals surface area contributed by atoms with E-state index < -0.39 is 30.5 Å². The average Bonchev–Trinajstić information content (AvgIpc) is 2.94. The Morgan fingerprint density at radius 2 is 2.00 bits per heavy atom. The van der Waals surface area contributed by atoms with Gasteiger partial charge in [0.2, 0.25) is 11.8 Å². The first-order chi connectivity index (χ1) is 10.4. The second kappa shape index (κ2) is 6.33. The van der Waals surface area contributed by atoms with Crippen LogP contribution in [0.2, 0.25) is 0 Å². The van der Waals surface area contributed by atoms with Crippen LogP contribution in [0.1, 0.15) is 5.82 Å². The summed E-state index contributed by atoms with van der Waals surface area (Å²) in [7, 11) is 1.44. The maximum Gasteiger partial charge on any atom is 0.451 e. The number of carbonyl (C=O) groups is 1. The fourth-order valence-electron chi connectivity index (χ4n) is 1.49. The molecule has 1 amide bonds. The zero-order valence-electron chi connectivity index (χ0n) is 11.3. The third kappa shape index (κ3) is 3.87. The van der Waals surface area contributed by atoms with Gasteiger partial charge < -0.3 is 9.47 Å². The molecule has 0 radical (unpaired) electrons. The van der Waals surface area contributed by atoms with Gasteiger partial charge in [-0.1, -0.05) is 12.1 Å². The quantitative estimate of drug-likeness (QED) is 0.879. The summed E-state index contributed by atoms with van der Waals surface area (Å²) >= 11 is 0. The lowest BCUT2D eigenvalue weighted by Crippen LogP contribution is -2.21. The molecule has 2 N–H and O–H groups in total. The molecule has 22 heavy (non-hydrogen) atoms. The van der Waals surface area contributed by atoms with Crippen molar-refractivity contribution < 1.29 is 27.4 Å². The molecule has 2 aromatic rings. The number of para-hydroxylation sites is 2. The lowest BCUT2D eigenvalue weighted by Gasteiger charge is -2.09. The van der Waals surface area contributed by atoms with Crippen LogP contribution in [-0.2, 0) is 11.0 Å². The van der Waals surface area contributed by atoms with Crippen molar-refractivity contribution in [1.29, 1.82) is 0 Å². The van der Waals surface area contributed by atoms with Gasteiger partial charge in [-0.05, 0) is 12.1 Å². The smallest absolute Gasteiger partial charge is 0.451 e. The van der Waals surface area contributed by atoms with E-state index in [0.717, 1.165) is 0 Å². The molecule has 0 aliphatic rings. The molecule has 118 valence electrons. The summed E-state index contributed by atoms with van der Waals surface area (Å²) in [6, 6.07) is 6.62. The normalized spacial score (nSPS) is 11.1. The Hall–Kier alpha value is -2.78. The van der Waals surface area contributed by atoms with Gasteiger partial charge in [-0.2, -0.15) is 18.2 Å². The first kappa shape index (κ1) is 15.6. The van der Waals surface area contributed by atoms with Crippen molar-refractivity contribution in [3.63, 3.8) is 0 Å². The molecule has 10 heteroatoms. The predicted molar refractivity (Wildman–Crippen MR) is 68.5 cm³/mol. The van der Waals surface area contributed by atoms with Crippen molar-refractivity contribution in [3.05, 3.63) is 30.1 Å². The molecule has 0 unspecified atom stereocenters. The molecule has 0 aliphatic carbocycles. The van der Waals surface area contributed by atoms with Crippen molar-refractivity contribution in [1.82, 2.24) is 15.2 Å². The highest BCUT2D eigenvalue weighted by molar-refractivity contribution is 5.90. The highest BCUT2D eigenvalue weighted by Gasteiger charge is 2.35. The molecule has 2 rings (SSSR count). The predicted octanol–water partition coefficient (Wildman–Crippen LogP) is 1.85. The second-order valence-corrected chi connectivity index (χ2v) is 3.99. The minimum atomic E-state index is -4.66. The molecule has 0 saturated carbocycles. The van der Waals surface area contributed by atoms with Gasteiger partial charge in [-0.3, -0.25) is 15.2 Å². The first-order valence-electron chi connectivity index (χ1n) is 5.95. The molecule has 0 aliphatic heterocycles. The summed E-state index contributed by atoms with van der Waals surface area (Å²) in [4.78, 5) is 14.7. The monoisotopic (exact) mass is 316 g/mol. The highest BCUT2D eigenvalue weighted by Crippen LogP contribution is 2.27. The standard InChI is InChI=1S/C12H11F3N4O3/c1-21-7-4-2-3-5-8(7)22-6-9(20)16-11-17-10(18-19-11)12(13,14)15/h2-5H,6H2,1H3,(H2,16,17,18,19,20). The zero-order valence-corrected chi connectivity index (χ0v) is 11.3. The lowest BCUT2D eigenvalue weighted by atomic mass is 10.3. The average molecular weight is 316 g/mol. The van der Waals surface area contributed by atoms with Crippen molar-refractivity contribution in [2.45, 2.75) is 6.18 Å². The van der Waals surface area contributed by atoms with Crippen molar-refractivity contribution in [2.75, 3.05) is 19.0 Å². The SMILES string of the molecule is COc1ccccc1OCC(=O)Nc1n[nH]c(C(F)(F)F)n1. The highest BCUT2D eigenvalue weighted by atomic mass is 19.4. The van der Waals surface area contributed by atoms with Crippen LogP contribution in [0.3, 0.4) is 0 Å². The van der Waals surface area contributed by atoms with E-state index in [1.165, 1.54) is 7.11 Å². The zero-order chi connectivity index (χ0) is 16.2. The number of hydrogen-bond acceptors (Lipinski definition) is 5. The van der Waals surface area contributed by atoms with Gasteiger partial charge in [-0.15, -0.1) is 5.10 Å². The van der Waals surface area contributed by atoms with E-state index in [1.54, 1.807) is 29.4 Å². The Bertz CT molecular complexity index is 657. The maximum absolute atomic E-state index is 12.3. The Morgan fingerprint density at radius 1 is 1.32 bits per heavy atom. The molecular weight excluding hydrogens is 305 g/mol. The van der Waals surface area contributed by atoms with Crippen LogP contribution in [0.5, 0.6) is 11.5 Å². The minimum Gasteiger partial charge on any atom is -0.493 e. The van der Waals surface area contributed by atoms with E-state index in [1.807, 2.05) is 0 Å². The second-order valence-electron chi connectivity index (χ2n) is 3.99. The number of nitrogens with zero attached hydrogens (tertiary/aromatic N) is 2. The largest absolute Gasteiger partial charge is 0.493 e. The number of aromatic amines is 1. The Labute approximate surface area is 122 Å². The summed E-state index contributed by atoms with van der Waals surface area (Å²) in [5, 5.41) is 7.01. The number of ether oxygens (including phenoxy) is 2. The number of hydrogen-bond donors (Lipinski definition) is 2. The van der Waals surface area contributed by atoms with E-state index in [2.05, 4.69) is 15.4 Å². The molecule has 0 spiro atoms. The number of methoxy groups -OCH3 is 1. The van der Waals surface area contributed by atoms with Crippen molar-refractivity contribution >= 4 is 11.9 Å². The summed E-state index contributed by atoms with van der Waals surface area (Å²) in [6.45, 7) is -0.434. The topological polar surface area (TPSA) is 89.1 Å². The van der Waals surface area contributed by atoms with E-state index >= 15 is 0 Å². The lowest BCUT2D eigenvalue weighted by molar-refractivity contribution is -0.144. The number of halogens is 3. The van der Waals surface area contributed by atoms with Crippen LogP contribution in [0.15, 0.2) is 24.3 Å². The molecule has 0 bridgehead atoms. The van der Waals surface area contributed by atoms with E-state index in [-0.39, 0.29) is 0 Å². The van der Waals surface area contributed by atoms with Crippen LogP contribution < -0.4 is 14.8 Å². The van der Waals surface area contributed by atoms with Crippen molar-refractivity contribution in [3.8, 4) is 11.5 Å². The number of benzene rings is 1. The first-order valence-corrected chi connectivity index (χ1v) is 5.95. The number of anilines is 1. The van der Waals surface area contributed by atoms with Gasteiger partial charge in [0.25, 0.3) is 5.91 Å². The third-order valence-electron chi connectivity index (χ3n) is 2.43. The van der Waals surface area contributed by atoms with E-state index in [0.29, 0.717) is 11.5 Å². The van der Waals surface area contributed by atoms with Gasteiger partial charge in [-0.25, -0.2) is 0 Å². The molecule has 7 nitrogen and oxygen atoms in total. The van der Waals surface area contributed by atoms with Crippen LogP contribution in [0, 0.1) is 0 Å². The summed E-state index contributed by atoms with van der Waals surface area (Å²) in [6.07, 6.45) is -4.66. The van der Waals surface area contributed by atoms with Gasteiger partial charge in [0.1, 0.15) is 0 Å². The van der Waals surface area contributed by atoms with Gasteiger partial charge in [0, 0.05) is 0 Å². The Kier molecular flexibility index (Phi) is 4.49. The van der Waals surface area contributed by atoms with Gasteiger partial charge in [0.15, 0.2) is 18.1 Å². The number of aromatic nitrogens is 3. The van der Waals surface area contributed by atoms with E-state index in [9.17, 15) is 18.0 Å². The number of nitrogens with one attached hydrogen (secondary N) is 2. The summed E-state index contributed by atoms with van der Waals surface area (Å²) < 4.78 is 47.2. The molecule has 0 fully saturated rings. The third-order valence-corrected chi connectivity index (χ3v) is 2.43. The number of H-pyrrole nitrogens is 1.